The van der Waals surface area contributed by atoms with Crippen LogP contribution in [0.2, 0.25) is 0 Å². The molecule has 1 aromatic rings. The fourth-order valence-electron chi connectivity index (χ4n) is 2.17. The summed E-state index contributed by atoms with van der Waals surface area (Å²) in [4.78, 5) is 24.4. The monoisotopic (exact) mass is 279 g/mol. The molecule has 0 aliphatic carbocycles. The zero-order valence-corrected chi connectivity index (χ0v) is 10.9. The van der Waals surface area contributed by atoms with Gasteiger partial charge in [0, 0.05) is 13.1 Å². The Labute approximate surface area is 116 Å². The number of nitrogens with two attached hydrogens (primary N) is 1. The predicted octanol–water partition coefficient (Wildman–Crippen LogP) is 0.903. The molecule has 7 nitrogen and oxygen atoms in total. The fraction of sp³-hybridized carbons (Fsp3) is 0.385. The molecule has 1 heterocycles. The van der Waals surface area contributed by atoms with Crippen LogP contribution < -0.4 is 11.1 Å². The number of urea groups is 1. The minimum Gasteiger partial charge on any atom is -0.506 e. The van der Waals surface area contributed by atoms with Crippen LogP contribution in [0.1, 0.15) is 16.8 Å². The van der Waals surface area contributed by atoms with Gasteiger partial charge in [0.25, 0.3) is 0 Å². The smallest absolute Gasteiger partial charge is 0.335 e. The zero-order valence-electron chi connectivity index (χ0n) is 10.9. The van der Waals surface area contributed by atoms with E-state index in [1.165, 1.54) is 12.1 Å². The Bertz CT molecular complexity index is 532. The maximum atomic E-state index is 12.0. The van der Waals surface area contributed by atoms with Crippen molar-refractivity contribution in [2.45, 2.75) is 6.42 Å². The number of carboxylic acids is 1. The topological polar surface area (TPSA) is 116 Å². The van der Waals surface area contributed by atoms with Gasteiger partial charge >= 0.3 is 12.0 Å². The Hall–Kier alpha value is -2.28. The van der Waals surface area contributed by atoms with E-state index in [9.17, 15) is 14.7 Å². The number of benzene rings is 1. The lowest BCUT2D eigenvalue weighted by Crippen LogP contribution is -2.33. The molecule has 0 bridgehead atoms. The van der Waals surface area contributed by atoms with Gasteiger partial charge in [-0.3, -0.25) is 0 Å². The fourth-order valence-corrected chi connectivity index (χ4v) is 2.17. The quantitative estimate of drug-likeness (QED) is 0.613. The highest BCUT2D eigenvalue weighted by molar-refractivity contribution is 5.93. The molecule has 0 spiro atoms. The molecule has 1 unspecified atom stereocenters. The van der Waals surface area contributed by atoms with E-state index in [1.807, 2.05) is 0 Å². The van der Waals surface area contributed by atoms with E-state index in [0.717, 1.165) is 12.5 Å². The van der Waals surface area contributed by atoms with Crippen LogP contribution in [0, 0.1) is 5.92 Å². The van der Waals surface area contributed by atoms with Crippen molar-refractivity contribution in [2.24, 2.45) is 11.7 Å². The molecular weight excluding hydrogens is 262 g/mol. The summed E-state index contributed by atoms with van der Waals surface area (Å²) in [7, 11) is 0. The highest BCUT2D eigenvalue weighted by Crippen LogP contribution is 2.25. The van der Waals surface area contributed by atoms with Crippen LogP contribution in [-0.2, 0) is 0 Å². The first-order valence-electron chi connectivity index (χ1n) is 6.33. The standard InChI is InChI=1S/C13H17N3O4/c14-6-8-3-4-16(7-8)13(20)15-10-2-1-9(12(18)19)5-11(10)17/h1-2,5,8,17H,3-4,6-7,14H2,(H,15,20)(H,18,19). The number of likely N-dealkylation sites (tertiary alicyclic amines) is 1. The van der Waals surface area contributed by atoms with Gasteiger partial charge in [0.2, 0.25) is 0 Å². The summed E-state index contributed by atoms with van der Waals surface area (Å²) in [5, 5.41) is 21.1. The van der Waals surface area contributed by atoms with Crippen LogP contribution in [0.3, 0.4) is 0 Å². The molecular formula is C13H17N3O4. The number of nitrogens with one attached hydrogen (secondary N) is 1. The second kappa shape index (κ2) is 5.79. The number of carbonyl (C=O) groups excluding carboxylic acids is 1. The van der Waals surface area contributed by atoms with Gasteiger partial charge in [-0.25, -0.2) is 9.59 Å². The molecule has 2 rings (SSSR count). The summed E-state index contributed by atoms with van der Waals surface area (Å²) < 4.78 is 0. The summed E-state index contributed by atoms with van der Waals surface area (Å²) in [5.41, 5.74) is 5.72. The Balaban J connectivity index is 2.03. The Morgan fingerprint density at radius 2 is 2.20 bits per heavy atom. The van der Waals surface area contributed by atoms with E-state index in [4.69, 9.17) is 10.8 Å². The van der Waals surface area contributed by atoms with Crippen molar-refractivity contribution in [2.75, 3.05) is 25.0 Å². The molecule has 1 atom stereocenters. The first-order chi connectivity index (χ1) is 9.51. The van der Waals surface area contributed by atoms with Crippen LogP contribution in [0.25, 0.3) is 0 Å². The van der Waals surface area contributed by atoms with Gasteiger partial charge in [-0.1, -0.05) is 0 Å². The van der Waals surface area contributed by atoms with E-state index in [2.05, 4.69) is 5.32 Å². The minimum absolute atomic E-state index is 0.0372. The summed E-state index contributed by atoms with van der Waals surface area (Å²) in [6.07, 6.45) is 0.869. The molecule has 0 radical (unpaired) electrons. The van der Waals surface area contributed by atoms with Gasteiger partial charge in [0.05, 0.1) is 11.3 Å². The van der Waals surface area contributed by atoms with Crippen LogP contribution in [0.5, 0.6) is 5.75 Å². The van der Waals surface area contributed by atoms with Crippen molar-refractivity contribution in [3.63, 3.8) is 0 Å². The molecule has 1 fully saturated rings. The highest BCUT2D eigenvalue weighted by atomic mass is 16.4. The van der Waals surface area contributed by atoms with E-state index in [0.29, 0.717) is 25.6 Å². The van der Waals surface area contributed by atoms with Crippen molar-refractivity contribution in [1.82, 2.24) is 4.90 Å². The first-order valence-corrected chi connectivity index (χ1v) is 6.33. The van der Waals surface area contributed by atoms with Gasteiger partial charge in [-0.15, -0.1) is 0 Å². The zero-order chi connectivity index (χ0) is 14.7. The summed E-state index contributed by atoms with van der Waals surface area (Å²) in [6, 6.07) is 3.47. The lowest BCUT2D eigenvalue weighted by molar-refractivity contribution is 0.0696. The minimum atomic E-state index is -1.14. The molecule has 1 saturated heterocycles. The Kier molecular flexibility index (Phi) is 4.09. The third-order valence-electron chi connectivity index (χ3n) is 3.39. The van der Waals surface area contributed by atoms with Gasteiger partial charge in [-0.05, 0) is 37.1 Å². The summed E-state index contributed by atoms with van der Waals surface area (Å²) >= 11 is 0. The molecule has 20 heavy (non-hydrogen) atoms. The number of hydrogen-bond donors (Lipinski definition) is 4. The molecule has 2 amide bonds. The Morgan fingerprint density at radius 1 is 1.45 bits per heavy atom. The normalized spacial score (nSPS) is 18.1. The average molecular weight is 279 g/mol. The van der Waals surface area contributed by atoms with Crippen LogP contribution in [0.15, 0.2) is 18.2 Å². The number of phenols is 1. The second-order valence-corrected chi connectivity index (χ2v) is 4.80. The van der Waals surface area contributed by atoms with Crippen LogP contribution >= 0.6 is 0 Å². The molecule has 1 aromatic carbocycles. The van der Waals surface area contributed by atoms with Crippen molar-refractivity contribution in [3.8, 4) is 5.75 Å². The number of nitrogens with zero attached hydrogens (tertiary/aromatic N) is 1. The molecule has 1 aliphatic heterocycles. The third kappa shape index (κ3) is 3.00. The molecule has 7 heteroatoms. The molecule has 0 saturated carbocycles. The van der Waals surface area contributed by atoms with Crippen molar-refractivity contribution < 1.29 is 19.8 Å². The Morgan fingerprint density at radius 3 is 2.75 bits per heavy atom. The van der Waals surface area contributed by atoms with E-state index >= 15 is 0 Å². The highest BCUT2D eigenvalue weighted by Gasteiger charge is 2.25. The number of aromatic carboxylic acids is 1. The van der Waals surface area contributed by atoms with Gasteiger partial charge < -0.3 is 26.2 Å². The number of hydrogen-bond acceptors (Lipinski definition) is 4. The second-order valence-electron chi connectivity index (χ2n) is 4.80. The molecule has 0 aromatic heterocycles. The SMILES string of the molecule is NCC1CCN(C(=O)Nc2ccc(C(=O)O)cc2O)C1. The van der Waals surface area contributed by atoms with Gasteiger partial charge in [-0.2, -0.15) is 0 Å². The number of carboxylic acid groups (broad SMARTS) is 1. The third-order valence-corrected chi connectivity index (χ3v) is 3.39. The van der Waals surface area contributed by atoms with Crippen LogP contribution in [0.4, 0.5) is 10.5 Å². The summed E-state index contributed by atoms with van der Waals surface area (Å²) in [6.45, 7) is 1.76. The predicted molar refractivity (Wildman–Crippen MR) is 72.8 cm³/mol. The first kappa shape index (κ1) is 14.1. The molecule has 108 valence electrons. The largest absolute Gasteiger partial charge is 0.506 e. The summed E-state index contributed by atoms with van der Waals surface area (Å²) in [5.74, 6) is -1.10. The lowest BCUT2D eigenvalue weighted by Gasteiger charge is -2.17. The van der Waals surface area contributed by atoms with E-state index < -0.39 is 5.97 Å². The number of anilines is 1. The number of phenolic OH excluding ortho intramolecular Hbond substituents is 1. The van der Waals surface area contributed by atoms with Crippen molar-refractivity contribution >= 4 is 17.7 Å². The maximum absolute atomic E-state index is 12.0. The van der Waals surface area contributed by atoms with Crippen molar-refractivity contribution in [3.05, 3.63) is 23.8 Å². The maximum Gasteiger partial charge on any atom is 0.335 e. The number of rotatable bonds is 3. The number of aromatic hydroxyl groups is 1. The molecule has 5 N–H and O–H groups in total. The lowest BCUT2D eigenvalue weighted by atomic mass is 10.1. The van der Waals surface area contributed by atoms with Gasteiger partial charge in [0.15, 0.2) is 0 Å². The number of amides is 2. The van der Waals surface area contributed by atoms with Crippen molar-refractivity contribution in [1.29, 1.82) is 0 Å². The average Bonchev–Trinajstić information content (AvgIpc) is 2.89. The van der Waals surface area contributed by atoms with Crippen LogP contribution in [-0.4, -0.2) is 46.7 Å². The molecule has 1 aliphatic rings. The number of carbonyl (C=O) groups is 2. The van der Waals surface area contributed by atoms with E-state index in [-0.39, 0.29) is 23.0 Å². The van der Waals surface area contributed by atoms with Gasteiger partial charge in [0.1, 0.15) is 5.75 Å². The van der Waals surface area contributed by atoms with E-state index in [1.54, 1.807) is 4.90 Å².